The predicted molar refractivity (Wildman–Crippen MR) is 127 cm³/mol. The molecule has 11 heteroatoms. The number of cyclic esters (lactones) is 1. The fraction of sp³-hybridized carbons (Fsp3) is 0.741. The predicted octanol–water partition coefficient (Wildman–Crippen LogP) is 0.146. The van der Waals surface area contributed by atoms with Crippen molar-refractivity contribution in [2.75, 3.05) is 13.2 Å². The smallest absolute Gasteiger partial charge is 0.338 e. The number of carbonyl (C=O) groups is 3. The number of rotatable bonds is 1. The van der Waals surface area contributed by atoms with Gasteiger partial charge in [-0.3, -0.25) is 4.79 Å². The summed E-state index contributed by atoms with van der Waals surface area (Å²) in [5.74, 6) is -2.15. The third-order valence-corrected chi connectivity index (χ3v) is 9.27. The van der Waals surface area contributed by atoms with Gasteiger partial charge in [0.25, 0.3) is 0 Å². The van der Waals surface area contributed by atoms with Gasteiger partial charge in [-0.2, -0.15) is 0 Å². The Balaban J connectivity index is 1.31. The molecular formula is C27H34O11. The first-order chi connectivity index (χ1) is 18.0. The van der Waals surface area contributed by atoms with Crippen LogP contribution in [-0.4, -0.2) is 101 Å². The molecule has 208 valence electrons. The summed E-state index contributed by atoms with van der Waals surface area (Å²) in [6, 6.07) is 0. The second-order valence-corrected chi connectivity index (χ2v) is 11.8. The normalized spacial score (nSPS) is 50.9. The van der Waals surface area contributed by atoms with E-state index in [2.05, 4.69) is 0 Å². The minimum absolute atomic E-state index is 0.130. The number of carbonyl (C=O) groups excluding carboxylic acids is 3. The van der Waals surface area contributed by atoms with Crippen LogP contribution in [0.3, 0.4) is 0 Å². The van der Waals surface area contributed by atoms with Crippen molar-refractivity contribution in [3.05, 3.63) is 24.3 Å². The van der Waals surface area contributed by atoms with Crippen LogP contribution in [0, 0.1) is 11.3 Å². The SMILES string of the molecule is CC(O)C1C=CC=CC(=O)OC2CC3OC4C5OC5(C)CCC4(COC(=O)C4OC4(C)C(O)CO1)C2C3=O. The highest BCUT2D eigenvalue weighted by atomic mass is 16.7. The van der Waals surface area contributed by atoms with Crippen LogP contribution in [0.5, 0.6) is 0 Å². The van der Waals surface area contributed by atoms with Crippen molar-refractivity contribution in [1.82, 2.24) is 0 Å². The molecule has 2 saturated carbocycles. The zero-order chi connectivity index (χ0) is 27.0. The topological polar surface area (TPSA) is 154 Å². The molecule has 4 heterocycles. The number of ketones is 1. The van der Waals surface area contributed by atoms with Crippen LogP contribution in [0.1, 0.15) is 40.0 Å². The van der Waals surface area contributed by atoms with E-state index in [-0.39, 0.29) is 37.1 Å². The van der Waals surface area contributed by atoms with Gasteiger partial charge in [0.05, 0.1) is 30.3 Å². The lowest BCUT2D eigenvalue weighted by Gasteiger charge is -2.49. The number of allylic oxidation sites excluding steroid dienone is 2. The van der Waals surface area contributed by atoms with Gasteiger partial charge in [0.1, 0.15) is 42.7 Å². The first-order valence-corrected chi connectivity index (χ1v) is 13.2. The van der Waals surface area contributed by atoms with Crippen molar-refractivity contribution < 1.29 is 53.0 Å². The minimum Gasteiger partial charge on any atom is -0.463 e. The van der Waals surface area contributed by atoms with E-state index in [9.17, 15) is 24.6 Å². The van der Waals surface area contributed by atoms with Crippen molar-refractivity contribution >= 4 is 17.7 Å². The summed E-state index contributed by atoms with van der Waals surface area (Å²) in [5.41, 5.74) is -2.48. The molecule has 4 aliphatic heterocycles. The Hall–Kier alpha value is -2.15. The van der Waals surface area contributed by atoms with E-state index in [1.807, 2.05) is 6.92 Å². The molecule has 2 aliphatic carbocycles. The van der Waals surface area contributed by atoms with Crippen LogP contribution in [-0.2, 0) is 42.8 Å². The lowest BCUT2D eigenvalue weighted by Crippen LogP contribution is -2.61. The van der Waals surface area contributed by atoms with Gasteiger partial charge in [-0.25, -0.2) is 9.59 Å². The van der Waals surface area contributed by atoms with Crippen molar-refractivity contribution in [2.45, 2.75) is 100 Å². The summed E-state index contributed by atoms with van der Waals surface area (Å²) in [6.07, 6.45) is 1.09. The Kier molecular flexibility index (Phi) is 6.14. The molecule has 6 rings (SSSR count). The van der Waals surface area contributed by atoms with Gasteiger partial charge in [0.15, 0.2) is 11.9 Å². The third kappa shape index (κ3) is 4.06. The number of aliphatic hydroxyl groups is 2. The standard InChI is InChI=1S/C27H34O11/c1-13(28)14-6-4-5-7-18(30)35-15-10-16-20(31)19(15)27(9-8-25(2)21(37-25)22(27)36-16)12-34-24(32)23-26(3,38-23)17(29)11-33-14/h4-7,13-17,19,21-23,28-29H,8-12H2,1-3H3. The van der Waals surface area contributed by atoms with Gasteiger partial charge in [0, 0.05) is 17.9 Å². The first kappa shape index (κ1) is 26.1. The van der Waals surface area contributed by atoms with Gasteiger partial charge >= 0.3 is 11.9 Å². The molecule has 0 radical (unpaired) electrons. The lowest BCUT2D eigenvalue weighted by atomic mass is 9.60. The van der Waals surface area contributed by atoms with Gasteiger partial charge in [-0.15, -0.1) is 0 Å². The van der Waals surface area contributed by atoms with E-state index in [0.29, 0.717) is 12.8 Å². The summed E-state index contributed by atoms with van der Waals surface area (Å²) in [5, 5.41) is 20.8. The highest BCUT2D eigenvalue weighted by molar-refractivity contribution is 5.91. The number of epoxide rings is 2. The monoisotopic (exact) mass is 534 g/mol. The summed E-state index contributed by atoms with van der Waals surface area (Å²) < 4.78 is 35.0. The second-order valence-electron chi connectivity index (χ2n) is 11.8. The zero-order valence-corrected chi connectivity index (χ0v) is 21.6. The Morgan fingerprint density at radius 3 is 2.63 bits per heavy atom. The molecule has 38 heavy (non-hydrogen) atoms. The van der Waals surface area contributed by atoms with Gasteiger partial charge < -0.3 is 38.6 Å². The van der Waals surface area contributed by atoms with Crippen molar-refractivity contribution in [3.8, 4) is 0 Å². The van der Waals surface area contributed by atoms with E-state index in [1.54, 1.807) is 13.0 Å². The molecule has 11 nitrogen and oxygen atoms in total. The fourth-order valence-corrected chi connectivity index (χ4v) is 6.72. The molecule has 2 bridgehead atoms. The van der Waals surface area contributed by atoms with Crippen LogP contribution >= 0.6 is 0 Å². The maximum Gasteiger partial charge on any atom is 0.338 e. The summed E-state index contributed by atoms with van der Waals surface area (Å²) >= 11 is 0. The number of esters is 2. The highest BCUT2D eigenvalue weighted by Crippen LogP contribution is 2.62. The number of fused-ring (bicyclic) bond motifs is 4. The van der Waals surface area contributed by atoms with Crippen molar-refractivity contribution in [2.24, 2.45) is 11.3 Å². The highest BCUT2D eigenvalue weighted by Gasteiger charge is 2.74. The summed E-state index contributed by atoms with van der Waals surface area (Å²) in [6.45, 7) is 4.79. The van der Waals surface area contributed by atoms with Crippen molar-refractivity contribution in [3.63, 3.8) is 0 Å². The van der Waals surface area contributed by atoms with Crippen LogP contribution in [0.2, 0.25) is 0 Å². The van der Waals surface area contributed by atoms with Crippen LogP contribution in [0.4, 0.5) is 0 Å². The number of aliphatic hydroxyl groups excluding tert-OH is 2. The quantitative estimate of drug-likeness (QED) is 0.349. The molecule has 6 aliphatic rings. The van der Waals surface area contributed by atoms with Crippen LogP contribution in [0.25, 0.3) is 0 Å². The minimum atomic E-state index is -1.22. The molecule has 0 amide bonds. The number of ether oxygens (including phenoxy) is 6. The molecular weight excluding hydrogens is 500 g/mol. The number of hydrogen-bond acceptors (Lipinski definition) is 11. The average molecular weight is 535 g/mol. The first-order valence-electron chi connectivity index (χ1n) is 13.2. The maximum atomic E-state index is 13.4. The molecule has 0 aromatic carbocycles. The molecule has 2 N–H and O–H groups in total. The van der Waals surface area contributed by atoms with E-state index in [4.69, 9.17) is 28.4 Å². The van der Waals surface area contributed by atoms with E-state index in [1.165, 1.54) is 25.2 Å². The zero-order valence-electron chi connectivity index (χ0n) is 21.6. The Morgan fingerprint density at radius 2 is 1.87 bits per heavy atom. The van der Waals surface area contributed by atoms with Gasteiger partial charge in [-0.05, 0) is 33.6 Å². The Labute approximate surface area is 220 Å². The largest absolute Gasteiger partial charge is 0.463 e. The molecule has 0 aromatic rings. The molecule has 3 saturated heterocycles. The Bertz CT molecular complexity index is 1080. The van der Waals surface area contributed by atoms with E-state index >= 15 is 0 Å². The molecule has 12 atom stereocenters. The average Bonchev–Trinajstić information content (AvgIpc) is 3.73. The van der Waals surface area contributed by atoms with E-state index < -0.39 is 71.6 Å². The molecule has 1 spiro atoms. The van der Waals surface area contributed by atoms with Crippen LogP contribution < -0.4 is 0 Å². The van der Waals surface area contributed by atoms with Gasteiger partial charge in [0.2, 0.25) is 0 Å². The Morgan fingerprint density at radius 1 is 1.08 bits per heavy atom. The van der Waals surface area contributed by atoms with Crippen LogP contribution in [0.15, 0.2) is 24.3 Å². The summed E-state index contributed by atoms with van der Waals surface area (Å²) in [4.78, 5) is 39.2. The molecule has 12 unspecified atom stereocenters. The van der Waals surface area contributed by atoms with Crippen molar-refractivity contribution in [1.29, 1.82) is 0 Å². The van der Waals surface area contributed by atoms with E-state index in [0.717, 1.165) is 0 Å². The number of hydrogen-bond donors (Lipinski definition) is 2. The maximum absolute atomic E-state index is 13.4. The molecule has 5 fully saturated rings. The fourth-order valence-electron chi connectivity index (χ4n) is 6.72. The lowest BCUT2D eigenvalue weighted by molar-refractivity contribution is -0.194. The van der Waals surface area contributed by atoms with Gasteiger partial charge in [-0.1, -0.05) is 18.2 Å². The summed E-state index contributed by atoms with van der Waals surface area (Å²) in [7, 11) is 0. The third-order valence-electron chi connectivity index (χ3n) is 9.27. The number of Topliss-reactive ketones (excluding diaryl/α,β-unsaturated/α-hetero) is 1. The second kappa shape index (κ2) is 8.94. The molecule has 0 aromatic heterocycles.